The van der Waals surface area contributed by atoms with Crippen molar-refractivity contribution in [2.75, 3.05) is 13.2 Å². The topological polar surface area (TPSA) is 81.5 Å². The van der Waals surface area contributed by atoms with E-state index in [0.29, 0.717) is 19.6 Å². The minimum absolute atomic E-state index is 0.162. The van der Waals surface area contributed by atoms with Gasteiger partial charge in [0.1, 0.15) is 11.4 Å². The summed E-state index contributed by atoms with van der Waals surface area (Å²) in [5.41, 5.74) is -0.671. The monoisotopic (exact) mass is 298 g/mol. The Balaban J connectivity index is 2.49. The number of carbonyl (C=O) groups is 1. The molecule has 0 aliphatic heterocycles. The molecule has 0 spiro atoms. The smallest absolute Gasteiger partial charge is 0.282 e. The molecule has 0 unspecified atom stereocenters. The molecule has 0 aliphatic rings. The Morgan fingerprint density at radius 2 is 2.14 bits per heavy atom. The zero-order valence-electron chi connectivity index (χ0n) is 12.1. The largest absolute Gasteiger partial charge is 0.379 e. The summed E-state index contributed by atoms with van der Waals surface area (Å²) in [5.74, 6) is -1.33. The fraction of sp³-hybridized carbons (Fsp3) is 0.500. The average Bonchev–Trinajstić information content (AvgIpc) is 2.41. The molecule has 0 heterocycles. The lowest BCUT2D eigenvalue weighted by molar-refractivity contribution is -0.385. The van der Waals surface area contributed by atoms with Gasteiger partial charge in [-0.3, -0.25) is 14.9 Å². The van der Waals surface area contributed by atoms with Gasteiger partial charge in [0.25, 0.3) is 11.6 Å². The fourth-order valence-corrected chi connectivity index (χ4v) is 1.69. The zero-order valence-corrected chi connectivity index (χ0v) is 12.1. The van der Waals surface area contributed by atoms with E-state index < -0.39 is 22.3 Å². The molecule has 0 bridgehead atoms. The molecular weight excluding hydrogens is 279 g/mol. The lowest BCUT2D eigenvalue weighted by Crippen LogP contribution is -2.25. The minimum atomic E-state index is -0.704. The summed E-state index contributed by atoms with van der Waals surface area (Å²) < 4.78 is 18.5. The van der Waals surface area contributed by atoms with Crippen LogP contribution in [0.4, 0.5) is 10.1 Å². The van der Waals surface area contributed by atoms with Crippen molar-refractivity contribution in [3.05, 3.63) is 39.7 Å². The lowest BCUT2D eigenvalue weighted by Gasteiger charge is -2.08. The SMILES string of the molecule is CC(C)OCCCCNC(=O)c1cc(F)ccc1[N+](=O)[O-]. The first-order valence-corrected chi connectivity index (χ1v) is 6.75. The van der Waals surface area contributed by atoms with Crippen molar-refractivity contribution < 1.29 is 18.8 Å². The van der Waals surface area contributed by atoms with E-state index in [4.69, 9.17) is 4.74 Å². The van der Waals surface area contributed by atoms with Crippen molar-refractivity contribution >= 4 is 11.6 Å². The maximum absolute atomic E-state index is 13.1. The van der Waals surface area contributed by atoms with Crippen molar-refractivity contribution in [3.63, 3.8) is 0 Å². The molecule has 6 nitrogen and oxygen atoms in total. The van der Waals surface area contributed by atoms with Crippen molar-refractivity contribution in [1.29, 1.82) is 0 Å². The molecule has 0 saturated heterocycles. The second-order valence-electron chi connectivity index (χ2n) is 4.80. The Morgan fingerprint density at radius 3 is 2.76 bits per heavy atom. The molecule has 1 N–H and O–H groups in total. The summed E-state index contributed by atoms with van der Waals surface area (Å²) in [4.78, 5) is 21.9. The Bertz CT molecular complexity index is 506. The Labute approximate surface area is 122 Å². The number of nitrogens with zero attached hydrogens (tertiary/aromatic N) is 1. The molecule has 0 saturated carbocycles. The molecule has 0 fully saturated rings. The fourth-order valence-electron chi connectivity index (χ4n) is 1.69. The number of benzene rings is 1. The summed E-state index contributed by atoms with van der Waals surface area (Å²) in [5, 5.41) is 13.3. The molecule has 116 valence electrons. The molecule has 21 heavy (non-hydrogen) atoms. The van der Waals surface area contributed by atoms with E-state index in [1.807, 2.05) is 13.8 Å². The summed E-state index contributed by atoms with van der Waals surface area (Å²) in [7, 11) is 0. The third kappa shape index (κ3) is 5.86. The van der Waals surface area contributed by atoms with Gasteiger partial charge in [-0.2, -0.15) is 0 Å². The average molecular weight is 298 g/mol. The van der Waals surface area contributed by atoms with Crippen LogP contribution in [-0.4, -0.2) is 30.1 Å². The first kappa shape index (κ1) is 17.0. The van der Waals surface area contributed by atoms with Crippen LogP contribution < -0.4 is 5.32 Å². The van der Waals surface area contributed by atoms with Crippen LogP contribution in [0.25, 0.3) is 0 Å². The van der Waals surface area contributed by atoms with Crippen LogP contribution >= 0.6 is 0 Å². The maximum Gasteiger partial charge on any atom is 0.282 e. The number of amides is 1. The highest BCUT2D eigenvalue weighted by Crippen LogP contribution is 2.19. The van der Waals surface area contributed by atoms with Gasteiger partial charge >= 0.3 is 0 Å². The second-order valence-corrected chi connectivity index (χ2v) is 4.80. The van der Waals surface area contributed by atoms with Crippen molar-refractivity contribution in [2.24, 2.45) is 0 Å². The summed E-state index contributed by atoms with van der Waals surface area (Å²) >= 11 is 0. The zero-order chi connectivity index (χ0) is 15.8. The lowest BCUT2D eigenvalue weighted by atomic mass is 10.1. The van der Waals surface area contributed by atoms with E-state index in [1.165, 1.54) is 0 Å². The number of rotatable bonds is 8. The van der Waals surface area contributed by atoms with Crippen LogP contribution in [0.2, 0.25) is 0 Å². The first-order chi connectivity index (χ1) is 9.91. The summed E-state index contributed by atoms with van der Waals surface area (Å²) in [6.45, 7) is 4.82. The van der Waals surface area contributed by atoms with Crippen LogP contribution in [0.15, 0.2) is 18.2 Å². The number of nitro groups is 1. The number of nitro benzene ring substituents is 1. The van der Waals surface area contributed by atoms with E-state index in [2.05, 4.69) is 5.32 Å². The number of ether oxygens (including phenoxy) is 1. The van der Waals surface area contributed by atoms with E-state index >= 15 is 0 Å². The minimum Gasteiger partial charge on any atom is -0.379 e. The second kappa shape index (κ2) is 8.31. The molecule has 0 aliphatic carbocycles. The number of hydrogen-bond donors (Lipinski definition) is 1. The van der Waals surface area contributed by atoms with Gasteiger partial charge in [0, 0.05) is 19.2 Å². The number of unbranched alkanes of at least 4 members (excludes halogenated alkanes) is 1. The number of hydrogen-bond acceptors (Lipinski definition) is 4. The molecule has 0 radical (unpaired) electrons. The Morgan fingerprint density at radius 1 is 1.43 bits per heavy atom. The van der Waals surface area contributed by atoms with Gasteiger partial charge in [-0.1, -0.05) is 0 Å². The molecule has 1 rings (SSSR count). The van der Waals surface area contributed by atoms with E-state index in [1.54, 1.807) is 0 Å². The highest BCUT2D eigenvalue weighted by atomic mass is 19.1. The van der Waals surface area contributed by atoms with Gasteiger partial charge in [0.05, 0.1) is 11.0 Å². The third-order valence-electron chi connectivity index (χ3n) is 2.71. The van der Waals surface area contributed by atoms with E-state index in [9.17, 15) is 19.3 Å². The standard InChI is InChI=1S/C14H19FN2O4/c1-10(2)21-8-4-3-7-16-14(18)12-9-11(15)5-6-13(12)17(19)20/h5-6,9-10H,3-4,7-8H2,1-2H3,(H,16,18). The Hall–Kier alpha value is -2.02. The van der Waals surface area contributed by atoms with E-state index in [-0.39, 0.29) is 11.7 Å². The van der Waals surface area contributed by atoms with Gasteiger partial charge in [-0.05, 0) is 38.8 Å². The van der Waals surface area contributed by atoms with Crippen LogP contribution in [-0.2, 0) is 4.74 Å². The number of halogens is 1. The third-order valence-corrected chi connectivity index (χ3v) is 2.71. The molecular formula is C14H19FN2O4. The normalized spacial score (nSPS) is 10.7. The van der Waals surface area contributed by atoms with Crippen LogP contribution in [0.3, 0.4) is 0 Å². The highest BCUT2D eigenvalue weighted by Gasteiger charge is 2.20. The van der Waals surface area contributed by atoms with Gasteiger partial charge in [-0.15, -0.1) is 0 Å². The quantitative estimate of drug-likeness (QED) is 0.454. The maximum atomic E-state index is 13.1. The molecule has 1 amide bonds. The molecule has 0 aromatic heterocycles. The predicted molar refractivity (Wildman–Crippen MR) is 75.7 cm³/mol. The van der Waals surface area contributed by atoms with Gasteiger partial charge in [-0.25, -0.2) is 4.39 Å². The first-order valence-electron chi connectivity index (χ1n) is 6.75. The summed E-state index contributed by atoms with van der Waals surface area (Å²) in [6.07, 6.45) is 1.61. The Kier molecular flexibility index (Phi) is 6.74. The highest BCUT2D eigenvalue weighted by molar-refractivity contribution is 5.98. The van der Waals surface area contributed by atoms with Gasteiger partial charge in [0.2, 0.25) is 0 Å². The molecule has 1 aromatic rings. The molecule has 7 heteroatoms. The molecule has 1 aromatic carbocycles. The van der Waals surface area contributed by atoms with Gasteiger partial charge in [0.15, 0.2) is 0 Å². The predicted octanol–water partition coefficient (Wildman–Crippen LogP) is 2.67. The van der Waals surface area contributed by atoms with E-state index in [0.717, 1.165) is 24.6 Å². The van der Waals surface area contributed by atoms with Crippen LogP contribution in [0.1, 0.15) is 37.0 Å². The van der Waals surface area contributed by atoms with Crippen LogP contribution in [0, 0.1) is 15.9 Å². The van der Waals surface area contributed by atoms with Crippen molar-refractivity contribution in [3.8, 4) is 0 Å². The summed E-state index contributed by atoms with van der Waals surface area (Å²) in [6, 6.07) is 2.81. The van der Waals surface area contributed by atoms with Crippen molar-refractivity contribution in [2.45, 2.75) is 32.8 Å². The number of nitrogens with one attached hydrogen (secondary N) is 1. The molecule has 0 atom stereocenters. The van der Waals surface area contributed by atoms with Gasteiger partial charge < -0.3 is 10.1 Å². The number of carbonyl (C=O) groups excluding carboxylic acids is 1. The van der Waals surface area contributed by atoms with Crippen LogP contribution in [0.5, 0.6) is 0 Å². The van der Waals surface area contributed by atoms with Crippen molar-refractivity contribution in [1.82, 2.24) is 5.32 Å².